The zero-order chi connectivity index (χ0) is 18.3. The number of rotatable bonds is 4. The van der Waals surface area contributed by atoms with E-state index in [1.54, 1.807) is 6.20 Å². The fraction of sp³-hybridized carbons (Fsp3) is 0.176. The zero-order valence-electron chi connectivity index (χ0n) is 13.9. The standard InChI is InChI=1S/C17H18N8O/c1-9-17(26,8-22-9)10-2-4-11(5-3-10)20-6-12-7-21-15-13(23-12)14(18)24-16(19)25-15/h2-5,7,20,22,26H,1,6,8H2,(H4,18,19,21,24,25). The average molecular weight is 350 g/mol. The number of anilines is 3. The van der Waals surface area contributed by atoms with Crippen LogP contribution in [-0.4, -0.2) is 31.6 Å². The molecule has 1 saturated heterocycles. The third-order valence-electron chi connectivity index (χ3n) is 4.39. The molecule has 4 rings (SSSR count). The Morgan fingerprint density at radius 1 is 1.19 bits per heavy atom. The van der Waals surface area contributed by atoms with Gasteiger partial charge in [0.15, 0.2) is 17.0 Å². The number of hydrogen-bond acceptors (Lipinski definition) is 9. The summed E-state index contributed by atoms with van der Waals surface area (Å²) in [4.78, 5) is 16.6. The average Bonchev–Trinajstić information content (AvgIpc) is 2.65. The normalized spacial score (nSPS) is 19.0. The van der Waals surface area contributed by atoms with E-state index in [4.69, 9.17) is 11.5 Å². The lowest BCUT2D eigenvalue weighted by molar-refractivity contribution is 0.0282. The van der Waals surface area contributed by atoms with Crippen molar-refractivity contribution in [3.63, 3.8) is 0 Å². The number of fused-ring (bicyclic) bond motifs is 1. The molecular formula is C17H18N8O. The molecule has 1 aliphatic rings. The maximum absolute atomic E-state index is 10.5. The Morgan fingerprint density at radius 2 is 1.96 bits per heavy atom. The Kier molecular flexibility index (Phi) is 3.58. The largest absolute Gasteiger partial charge is 0.382 e. The molecule has 9 heteroatoms. The summed E-state index contributed by atoms with van der Waals surface area (Å²) < 4.78 is 0. The first-order chi connectivity index (χ1) is 12.5. The van der Waals surface area contributed by atoms with E-state index in [0.717, 1.165) is 11.3 Å². The molecule has 0 aliphatic carbocycles. The van der Waals surface area contributed by atoms with E-state index in [1.807, 2.05) is 24.3 Å². The van der Waals surface area contributed by atoms with Crippen LogP contribution in [0.3, 0.4) is 0 Å². The summed E-state index contributed by atoms with van der Waals surface area (Å²) in [5.41, 5.74) is 14.2. The van der Waals surface area contributed by atoms with Crippen LogP contribution in [0.2, 0.25) is 0 Å². The molecule has 1 unspecified atom stereocenters. The van der Waals surface area contributed by atoms with Gasteiger partial charge < -0.3 is 27.2 Å². The number of benzene rings is 1. The fourth-order valence-electron chi connectivity index (χ4n) is 2.78. The number of nitrogens with zero attached hydrogens (tertiary/aromatic N) is 4. The van der Waals surface area contributed by atoms with Crippen molar-refractivity contribution in [2.45, 2.75) is 12.1 Å². The third-order valence-corrected chi connectivity index (χ3v) is 4.39. The molecule has 132 valence electrons. The van der Waals surface area contributed by atoms with Crippen molar-refractivity contribution >= 4 is 28.6 Å². The van der Waals surface area contributed by atoms with E-state index in [1.165, 1.54) is 0 Å². The molecular weight excluding hydrogens is 332 g/mol. The Hall–Kier alpha value is -3.46. The Bertz CT molecular complexity index is 1000. The van der Waals surface area contributed by atoms with Crippen LogP contribution < -0.4 is 22.1 Å². The van der Waals surface area contributed by atoms with Crippen LogP contribution >= 0.6 is 0 Å². The maximum atomic E-state index is 10.5. The Morgan fingerprint density at radius 3 is 2.62 bits per heavy atom. The SMILES string of the molecule is C=C1NCC1(O)c1ccc(NCc2cnc3nc(N)nc(N)c3n2)cc1. The highest BCUT2D eigenvalue weighted by atomic mass is 16.3. The van der Waals surface area contributed by atoms with Crippen molar-refractivity contribution in [2.75, 3.05) is 23.3 Å². The van der Waals surface area contributed by atoms with Gasteiger partial charge in [-0.3, -0.25) is 0 Å². The van der Waals surface area contributed by atoms with Gasteiger partial charge in [-0.05, 0) is 17.7 Å². The van der Waals surface area contributed by atoms with Crippen LogP contribution in [0.5, 0.6) is 0 Å². The van der Waals surface area contributed by atoms with Crippen molar-refractivity contribution in [2.24, 2.45) is 0 Å². The lowest BCUT2D eigenvalue weighted by Crippen LogP contribution is -2.53. The van der Waals surface area contributed by atoms with Gasteiger partial charge >= 0.3 is 0 Å². The number of hydrogen-bond donors (Lipinski definition) is 5. The zero-order valence-corrected chi connectivity index (χ0v) is 13.9. The molecule has 26 heavy (non-hydrogen) atoms. The summed E-state index contributed by atoms with van der Waals surface area (Å²) in [5, 5.41) is 16.7. The molecule has 0 radical (unpaired) electrons. The van der Waals surface area contributed by atoms with E-state index < -0.39 is 5.60 Å². The van der Waals surface area contributed by atoms with Crippen LogP contribution in [0.15, 0.2) is 42.7 Å². The van der Waals surface area contributed by atoms with Crippen LogP contribution in [0, 0.1) is 0 Å². The van der Waals surface area contributed by atoms with Gasteiger partial charge in [-0.15, -0.1) is 0 Å². The minimum Gasteiger partial charge on any atom is -0.382 e. The number of aromatic nitrogens is 4. The highest BCUT2D eigenvalue weighted by Crippen LogP contribution is 2.33. The van der Waals surface area contributed by atoms with Gasteiger partial charge in [0.2, 0.25) is 5.95 Å². The van der Waals surface area contributed by atoms with Gasteiger partial charge in [0.05, 0.1) is 25.0 Å². The van der Waals surface area contributed by atoms with Gasteiger partial charge in [0.25, 0.3) is 0 Å². The van der Waals surface area contributed by atoms with Gasteiger partial charge in [0, 0.05) is 11.4 Å². The van der Waals surface area contributed by atoms with Crippen LogP contribution in [0.4, 0.5) is 17.5 Å². The second-order valence-electron chi connectivity index (χ2n) is 6.12. The van der Waals surface area contributed by atoms with Crippen molar-refractivity contribution in [1.29, 1.82) is 0 Å². The fourth-order valence-corrected chi connectivity index (χ4v) is 2.78. The first-order valence-electron chi connectivity index (χ1n) is 8.00. The summed E-state index contributed by atoms with van der Waals surface area (Å²) in [6.45, 7) is 4.73. The molecule has 1 aromatic carbocycles. The lowest BCUT2D eigenvalue weighted by atomic mass is 9.85. The minimum absolute atomic E-state index is 0.0706. The predicted molar refractivity (Wildman–Crippen MR) is 98.8 cm³/mol. The summed E-state index contributed by atoms with van der Waals surface area (Å²) in [6.07, 6.45) is 1.61. The monoisotopic (exact) mass is 350 g/mol. The minimum atomic E-state index is -0.984. The summed E-state index contributed by atoms with van der Waals surface area (Å²) in [7, 11) is 0. The molecule has 3 heterocycles. The van der Waals surface area contributed by atoms with Crippen molar-refractivity contribution in [1.82, 2.24) is 25.3 Å². The molecule has 1 fully saturated rings. The van der Waals surface area contributed by atoms with E-state index in [0.29, 0.717) is 35.6 Å². The third kappa shape index (κ3) is 2.64. The maximum Gasteiger partial charge on any atom is 0.224 e. The number of β-amino-alcohol motifs (C(OH)–C–C–N with tert-alkyl or cyclic N) is 1. The van der Waals surface area contributed by atoms with Crippen LogP contribution in [0.1, 0.15) is 11.3 Å². The van der Waals surface area contributed by atoms with E-state index in [-0.39, 0.29) is 11.8 Å². The molecule has 0 saturated carbocycles. The van der Waals surface area contributed by atoms with Crippen molar-refractivity contribution in [3.05, 3.63) is 54.0 Å². The smallest absolute Gasteiger partial charge is 0.224 e. The first-order valence-corrected chi connectivity index (χ1v) is 8.00. The van der Waals surface area contributed by atoms with Gasteiger partial charge in [-0.25, -0.2) is 9.97 Å². The number of nitrogen functional groups attached to an aromatic ring is 2. The second kappa shape index (κ2) is 5.81. The topological polar surface area (TPSA) is 148 Å². The Labute approximate surface area is 149 Å². The molecule has 7 N–H and O–H groups in total. The quantitative estimate of drug-likeness (QED) is 0.453. The van der Waals surface area contributed by atoms with E-state index in [9.17, 15) is 5.11 Å². The molecule has 1 aliphatic heterocycles. The Balaban J connectivity index is 1.49. The number of aliphatic hydroxyl groups is 1. The molecule has 3 aromatic rings. The first kappa shape index (κ1) is 16.0. The summed E-state index contributed by atoms with van der Waals surface area (Å²) in [5.74, 6) is 0.273. The summed E-state index contributed by atoms with van der Waals surface area (Å²) in [6, 6.07) is 7.53. The second-order valence-corrected chi connectivity index (χ2v) is 6.12. The molecule has 0 amide bonds. The van der Waals surface area contributed by atoms with Crippen LogP contribution in [-0.2, 0) is 12.1 Å². The number of nitrogens with one attached hydrogen (secondary N) is 2. The molecule has 1 atom stereocenters. The molecule has 0 bridgehead atoms. The predicted octanol–water partition coefficient (Wildman–Crippen LogP) is 0.501. The van der Waals surface area contributed by atoms with Gasteiger partial charge in [-0.2, -0.15) is 9.97 Å². The van der Waals surface area contributed by atoms with E-state index in [2.05, 4.69) is 37.1 Å². The highest BCUT2D eigenvalue weighted by molar-refractivity contribution is 5.81. The molecule has 9 nitrogen and oxygen atoms in total. The number of nitrogens with two attached hydrogens (primary N) is 2. The van der Waals surface area contributed by atoms with Crippen molar-refractivity contribution in [3.8, 4) is 0 Å². The van der Waals surface area contributed by atoms with Crippen molar-refractivity contribution < 1.29 is 5.11 Å². The lowest BCUT2D eigenvalue weighted by Gasteiger charge is -2.41. The van der Waals surface area contributed by atoms with E-state index >= 15 is 0 Å². The summed E-state index contributed by atoms with van der Waals surface area (Å²) >= 11 is 0. The molecule has 2 aromatic heterocycles. The molecule has 0 spiro atoms. The highest BCUT2D eigenvalue weighted by Gasteiger charge is 2.40. The van der Waals surface area contributed by atoms with Crippen LogP contribution in [0.25, 0.3) is 11.2 Å². The van der Waals surface area contributed by atoms with Gasteiger partial charge in [-0.1, -0.05) is 18.7 Å². The van der Waals surface area contributed by atoms with Gasteiger partial charge in [0.1, 0.15) is 5.60 Å².